The zero-order valence-corrected chi connectivity index (χ0v) is 17.4. The Kier molecular flexibility index (Phi) is 5.43. The fraction of sp³-hybridized carbons (Fsp3) is 0.308. The van der Waals surface area contributed by atoms with Crippen molar-refractivity contribution < 1.29 is 13.9 Å². The second kappa shape index (κ2) is 8.52. The highest BCUT2D eigenvalue weighted by atomic mass is 16.5. The van der Waals surface area contributed by atoms with Gasteiger partial charge in [0.25, 0.3) is 0 Å². The summed E-state index contributed by atoms with van der Waals surface area (Å²) in [4.78, 5) is 27.5. The molecule has 1 saturated heterocycles. The molecule has 2 aliphatic rings. The highest BCUT2D eigenvalue weighted by Crippen LogP contribution is 2.34. The maximum atomic E-state index is 13.0. The summed E-state index contributed by atoms with van der Waals surface area (Å²) in [7, 11) is 0. The van der Waals surface area contributed by atoms with Gasteiger partial charge in [-0.2, -0.15) is 0 Å². The number of hydrogen-bond donors (Lipinski definition) is 0. The molecule has 1 aliphatic carbocycles. The number of fused-ring (bicyclic) bond motifs is 2. The van der Waals surface area contributed by atoms with Gasteiger partial charge in [-0.3, -0.25) is 14.5 Å². The Balaban J connectivity index is 1.42. The highest BCUT2D eigenvalue weighted by Gasteiger charge is 2.24. The van der Waals surface area contributed by atoms with Crippen molar-refractivity contribution in [1.29, 1.82) is 0 Å². The molecule has 0 N–H and O–H groups in total. The number of esters is 1. The van der Waals surface area contributed by atoms with Gasteiger partial charge in [0, 0.05) is 11.6 Å². The SMILES string of the molecule is O=C(CN1CCCCC1)Oc1ccc2c(=O)c3c(oc2c1)C(=Cc1ccccc1)CC3. The molecule has 5 nitrogen and oxygen atoms in total. The molecule has 0 amide bonds. The lowest BCUT2D eigenvalue weighted by Gasteiger charge is -2.25. The standard InChI is InChI=1S/C26H25NO4/c28-24(17-27-13-5-2-6-14-27)30-20-10-12-21-23(16-20)31-26-19(9-11-22(26)25(21)29)15-18-7-3-1-4-8-18/h1,3-4,7-8,10,12,15-16H,2,5-6,9,11,13-14,17H2. The minimum Gasteiger partial charge on any atom is -0.456 e. The first-order chi connectivity index (χ1) is 15.2. The van der Waals surface area contributed by atoms with Gasteiger partial charge in [0.05, 0.1) is 11.9 Å². The Morgan fingerprint density at radius 3 is 2.65 bits per heavy atom. The predicted molar refractivity (Wildman–Crippen MR) is 121 cm³/mol. The molecular weight excluding hydrogens is 390 g/mol. The van der Waals surface area contributed by atoms with Crippen LogP contribution >= 0.6 is 0 Å². The highest BCUT2D eigenvalue weighted by molar-refractivity contribution is 5.87. The van der Waals surface area contributed by atoms with Crippen molar-refractivity contribution in [2.24, 2.45) is 0 Å². The normalized spacial score (nSPS) is 17.7. The lowest BCUT2D eigenvalue weighted by atomic mass is 10.1. The first-order valence-corrected chi connectivity index (χ1v) is 11.0. The molecule has 1 fully saturated rings. The Bertz CT molecular complexity index is 1200. The average molecular weight is 415 g/mol. The van der Waals surface area contributed by atoms with Crippen molar-refractivity contribution in [2.45, 2.75) is 32.1 Å². The fourth-order valence-electron chi connectivity index (χ4n) is 4.49. The molecule has 1 aliphatic heterocycles. The van der Waals surface area contributed by atoms with E-state index in [0.717, 1.165) is 49.1 Å². The molecule has 1 aromatic heterocycles. The van der Waals surface area contributed by atoms with Crippen LogP contribution in [0.25, 0.3) is 22.6 Å². The number of hydrogen-bond acceptors (Lipinski definition) is 5. The maximum absolute atomic E-state index is 13.0. The summed E-state index contributed by atoms with van der Waals surface area (Å²) in [6.07, 6.45) is 7.00. The van der Waals surface area contributed by atoms with Gasteiger partial charge in [0.15, 0.2) is 5.43 Å². The molecule has 158 valence electrons. The van der Waals surface area contributed by atoms with E-state index in [0.29, 0.717) is 28.9 Å². The number of likely N-dealkylation sites (tertiary alicyclic amines) is 1. The van der Waals surface area contributed by atoms with Gasteiger partial charge in [0.2, 0.25) is 0 Å². The second-order valence-corrected chi connectivity index (χ2v) is 8.29. The smallest absolute Gasteiger partial charge is 0.325 e. The summed E-state index contributed by atoms with van der Waals surface area (Å²) in [5.74, 6) is 0.775. The Labute approximate surface area is 180 Å². The van der Waals surface area contributed by atoms with E-state index in [2.05, 4.69) is 11.0 Å². The molecule has 0 atom stereocenters. The third-order valence-electron chi connectivity index (χ3n) is 6.07. The summed E-state index contributed by atoms with van der Waals surface area (Å²) >= 11 is 0. The van der Waals surface area contributed by atoms with Gasteiger partial charge < -0.3 is 9.15 Å². The van der Waals surface area contributed by atoms with Crippen LogP contribution in [0.5, 0.6) is 5.75 Å². The molecule has 2 aromatic carbocycles. The van der Waals surface area contributed by atoms with Crippen LogP contribution in [-0.4, -0.2) is 30.5 Å². The van der Waals surface area contributed by atoms with E-state index < -0.39 is 0 Å². The molecule has 5 heteroatoms. The number of rotatable bonds is 4. The molecule has 5 rings (SSSR count). The monoisotopic (exact) mass is 415 g/mol. The van der Waals surface area contributed by atoms with Crippen molar-refractivity contribution in [1.82, 2.24) is 4.90 Å². The number of carbonyl (C=O) groups is 1. The topological polar surface area (TPSA) is 59.8 Å². The number of nitrogens with zero attached hydrogens (tertiary/aromatic N) is 1. The number of allylic oxidation sites excluding steroid dienone is 1. The van der Waals surface area contributed by atoms with Crippen LogP contribution in [-0.2, 0) is 11.2 Å². The van der Waals surface area contributed by atoms with Gasteiger partial charge in [-0.1, -0.05) is 36.8 Å². The first kappa shape index (κ1) is 19.8. The van der Waals surface area contributed by atoms with Crippen LogP contribution in [0.2, 0.25) is 0 Å². The van der Waals surface area contributed by atoms with Crippen molar-refractivity contribution in [3.63, 3.8) is 0 Å². The molecule has 3 aromatic rings. The third-order valence-corrected chi connectivity index (χ3v) is 6.07. The van der Waals surface area contributed by atoms with Crippen molar-refractivity contribution in [3.8, 4) is 5.75 Å². The molecule has 0 spiro atoms. The molecule has 0 unspecified atom stereocenters. The maximum Gasteiger partial charge on any atom is 0.325 e. The van der Waals surface area contributed by atoms with Crippen molar-refractivity contribution in [3.05, 3.63) is 75.6 Å². The average Bonchev–Trinajstić information content (AvgIpc) is 3.18. The Morgan fingerprint density at radius 1 is 1.03 bits per heavy atom. The van der Waals surface area contributed by atoms with Gasteiger partial charge in [0.1, 0.15) is 17.1 Å². The third kappa shape index (κ3) is 4.19. The zero-order chi connectivity index (χ0) is 21.2. The zero-order valence-electron chi connectivity index (χ0n) is 17.4. The summed E-state index contributed by atoms with van der Waals surface area (Å²) < 4.78 is 11.7. The van der Waals surface area contributed by atoms with E-state index >= 15 is 0 Å². The van der Waals surface area contributed by atoms with E-state index in [1.54, 1.807) is 18.2 Å². The van der Waals surface area contributed by atoms with Crippen LogP contribution in [0.4, 0.5) is 0 Å². The first-order valence-electron chi connectivity index (χ1n) is 11.0. The number of piperidine rings is 1. The minimum absolute atomic E-state index is 0.00101. The molecule has 0 radical (unpaired) electrons. The summed E-state index contributed by atoms with van der Waals surface area (Å²) in [5, 5.41) is 0.524. The number of benzene rings is 2. The van der Waals surface area contributed by atoms with E-state index in [1.807, 2.05) is 30.3 Å². The van der Waals surface area contributed by atoms with Crippen LogP contribution in [0.15, 0.2) is 57.7 Å². The largest absolute Gasteiger partial charge is 0.456 e. The van der Waals surface area contributed by atoms with Gasteiger partial charge >= 0.3 is 5.97 Å². The van der Waals surface area contributed by atoms with Gasteiger partial charge in [-0.15, -0.1) is 0 Å². The number of carbonyl (C=O) groups excluding carboxylic acids is 1. The molecule has 31 heavy (non-hydrogen) atoms. The van der Waals surface area contributed by atoms with E-state index in [9.17, 15) is 9.59 Å². The predicted octanol–water partition coefficient (Wildman–Crippen LogP) is 4.67. The lowest BCUT2D eigenvalue weighted by molar-refractivity contribution is -0.135. The van der Waals surface area contributed by atoms with Gasteiger partial charge in [-0.05, 0) is 68.1 Å². The minimum atomic E-state index is -0.283. The molecule has 0 saturated carbocycles. The van der Waals surface area contributed by atoms with E-state index in [4.69, 9.17) is 9.15 Å². The van der Waals surface area contributed by atoms with Crippen LogP contribution < -0.4 is 10.2 Å². The molecular formula is C26H25NO4. The summed E-state index contributed by atoms with van der Waals surface area (Å²) in [6.45, 7) is 2.16. The Hall–Kier alpha value is -3.18. The van der Waals surface area contributed by atoms with Crippen LogP contribution in [0.3, 0.4) is 0 Å². The lowest BCUT2D eigenvalue weighted by Crippen LogP contribution is -2.36. The molecule has 2 heterocycles. The van der Waals surface area contributed by atoms with Crippen LogP contribution in [0.1, 0.15) is 42.6 Å². The van der Waals surface area contributed by atoms with Gasteiger partial charge in [-0.25, -0.2) is 0 Å². The Morgan fingerprint density at radius 2 is 1.84 bits per heavy atom. The fourth-order valence-corrected chi connectivity index (χ4v) is 4.49. The number of ether oxygens (including phenoxy) is 1. The summed E-state index contributed by atoms with van der Waals surface area (Å²) in [6, 6.07) is 15.1. The van der Waals surface area contributed by atoms with E-state index in [1.165, 1.54) is 6.42 Å². The molecule has 0 bridgehead atoms. The quantitative estimate of drug-likeness (QED) is 0.458. The van der Waals surface area contributed by atoms with Crippen LogP contribution in [0, 0.1) is 0 Å². The van der Waals surface area contributed by atoms with E-state index in [-0.39, 0.29) is 17.9 Å². The second-order valence-electron chi connectivity index (χ2n) is 8.29. The summed E-state index contributed by atoms with van der Waals surface area (Å²) in [5.41, 5.74) is 3.28. The van der Waals surface area contributed by atoms with Crippen molar-refractivity contribution in [2.75, 3.05) is 19.6 Å². The van der Waals surface area contributed by atoms with Crippen molar-refractivity contribution >= 4 is 28.6 Å².